The molecule has 2 saturated heterocycles. The third-order valence-electron chi connectivity index (χ3n) is 4.61. The van der Waals surface area contributed by atoms with Crippen molar-refractivity contribution in [2.45, 2.75) is 45.3 Å². The largest absolute Gasteiger partial charge is 0.401 e. The second kappa shape index (κ2) is 9.45. The molecule has 0 aromatic carbocycles. The number of alkyl halides is 3. The average Bonchev–Trinajstić information content (AvgIpc) is 3.03. The van der Waals surface area contributed by atoms with Crippen LogP contribution in [0.25, 0.3) is 0 Å². The van der Waals surface area contributed by atoms with Crippen LogP contribution in [0.15, 0.2) is 4.99 Å². The first kappa shape index (κ1) is 21.8. The highest BCUT2D eigenvalue weighted by molar-refractivity contribution is 14.0. The number of guanidine groups is 1. The number of nitrogens with zero attached hydrogens (tertiary/aromatic N) is 3. The van der Waals surface area contributed by atoms with Crippen molar-refractivity contribution in [2.24, 2.45) is 16.8 Å². The fourth-order valence-corrected chi connectivity index (χ4v) is 3.71. The minimum absolute atomic E-state index is 0. The fraction of sp³-hybridized carbons (Fsp3) is 0.938. The van der Waals surface area contributed by atoms with E-state index in [1.54, 1.807) is 7.05 Å². The fourth-order valence-electron chi connectivity index (χ4n) is 3.71. The minimum Gasteiger partial charge on any atom is -0.352 e. The molecule has 0 spiro atoms. The van der Waals surface area contributed by atoms with Crippen LogP contribution in [0.1, 0.15) is 33.1 Å². The van der Waals surface area contributed by atoms with Gasteiger partial charge in [-0.25, -0.2) is 0 Å². The van der Waals surface area contributed by atoms with Crippen LogP contribution < -0.4 is 5.32 Å². The minimum atomic E-state index is -4.12. The van der Waals surface area contributed by atoms with E-state index in [4.69, 9.17) is 0 Å². The Hall–Kier alpha value is -0.250. The molecule has 2 heterocycles. The molecule has 0 bridgehead atoms. The molecule has 1 N–H and O–H groups in total. The lowest BCUT2D eigenvalue weighted by atomic mass is 9.97. The third kappa shape index (κ3) is 6.93. The third-order valence-corrected chi connectivity index (χ3v) is 4.61. The van der Waals surface area contributed by atoms with Crippen LogP contribution in [0.3, 0.4) is 0 Å². The zero-order valence-corrected chi connectivity index (χ0v) is 17.1. The quantitative estimate of drug-likeness (QED) is 0.396. The van der Waals surface area contributed by atoms with Crippen LogP contribution >= 0.6 is 24.0 Å². The predicted molar refractivity (Wildman–Crippen MR) is 102 cm³/mol. The first-order valence-electron chi connectivity index (χ1n) is 8.54. The number of hydrogen-bond acceptors (Lipinski definition) is 2. The molecular formula is C16H30F3IN4. The summed E-state index contributed by atoms with van der Waals surface area (Å²) in [6.07, 6.45) is -0.992. The number of aliphatic imine (C=N–C) groups is 1. The van der Waals surface area contributed by atoms with Gasteiger partial charge in [0.2, 0.25) is 0 Å². The molecule has 0 saturated carbocycles. The summed E-state index contributed by atoms with van der Waals surface area (Å²) in [5.41, 5.74) is 0. The summed E-state index contributed by atoms with van der Waals surface area (Å²) in [5.74, 6) is 2.23. The zero-order chi connectivity index (χ0) is 17.0. The van der Waals surface area contributed by atoms with Gasteiger partial charge >= 0.3 is 6.18 Å². The van der Waals surface area contributed by atoms with E-state index in [-0.39, 0.29) is 30.0 Å². The Labute approximate surface area is 160 Å². The Morgan fingerprint density at radius 1 is 1.21 bits per heavy atom. The molecule has 0 aromatic heterocycles. The summed E-state index contributed by atoms with van der Waals surface area (Å²) < 4.78 is 37.4. The molecule has 2 unspecified atom stereocenters. The van der Waals surface area contributed by atoms with Gasteiger partial charge in [0.15, 0.2) is 5.96 Å². The SMILES string of the molecule is CN=C(NC1CCN(CC(F)(F)F)C1)N1CCC(CC(C)C)C1.I. The molecular weight excluding hydrogens is 432 g/mol. The monoisotopic (exact) mass is 462 g/mol. The van der Waals surface area contributed by atoms with Crippen molar-refractivity contribution in [3.8, 4) is 0 Å². The second-order valence-corrected chi connectivity index (χ2v) is 7.26. The lowest BCUT2D eigenvalue weighted by Gasteiger charge is -2.25. The van der Waals surface area contributed by atoms with Crippen LogP contribution in [0.2, 0.25) is 0 Å². The number of hydrogen-bond donors (Lipinski definition) is 1. The van der Waals surface area contributed by atoms with E-state index in [2.05, 4.69) is 29.1 Å². The van der Waals surface area contributed by atoms with E-state index in [1.165, 1.54) is 17.7 Å². The maximum Gasteiger partial charge on any atom is 0.401 e. The number of rotatable bonds is 4. The molecule has 0 aromatic rings. The zero-order valence-electron chi connectivity index (χ0n) is 14.8. The van der Waals surface area contributed by atoms with Crippen molar-refractivity contribution in [1.29, 1.82) is 0 Å². The molecule has 2 atom stereocenters. The van der Waals surface area contributed by atoms with Gasteiger partial charge in [0.1, 0.15) is 0 Å². The summed E-state index contributed by atoms with van der Waals surface area (Å²) in [7, 11) is 1.75. The van der Waals surface area contributed by atoms with E-state index in [0.717, 1.165) is 25.5 Å². The van der Waals surface area contributed by atoms with E-state index in [9.17, 15) is 13.2 Å². The Morgan fingerprint density at radius 2 is 1.92 bits per heavy atom. The van der Waals surface area contributed by atoms with Gasteiger partial charge in [-0.05, 0) is 31.1 Å². The molecule has 2 fully saturated rings. The Bertz CT molecular complexity index is 415. The van der Waals surface area contributed by atoms with E-state index < -0.39 is 12.7 Å². The highest BCUT2D eigenvalue weighted by Gasteiger charge is 2.35. The van der Waals surface area contributed by atoms with Crippen molar-refractivity contribution >= 4 is 29.9 Å². The van der Waals surface area contributed by atoms with E-state index >= 15 is 0 Å². The van der Waals surface area contributed by atoms with Crippen LogP contribution in [-0.2, 0) is 0 Å². The van der Waals surface area contributed by atoms with E-state index in [1.807, 2.05) is 0 Å². The highest BCUT2D eigenvalue weighted by Crippen LogP contribution is 2.24. The Morgan fingerprint density at radius 3 is 2.50 bits per heavy atom. The summed E-state index contributed by atoms with van der Waals surface area (Å²) in [5, 5.41) is 3.36. The molecule has 24 heavy (non-hydrogen) atoms. The summed E-state index contributed by atoms with van der Waals surface area (Å²) in [4.78, 5) is 8.06. The molecule has 142 valence electrons. The van der Waals surface area contributed by atoms with Crippen LogP contribution in [0, 0.1) is 11.8 Å². The van der Waals surface area contributed by atoms with Gasteiger partial charge in [-0.15, -0.1) is 24.0 Å². The first-order chi connectivity index (χ1) is 10.8. The standard InChI is InChI=1S/C16H29F3N4.HI/c1-12(2)8-13-4-7-23(9-13)15(20-3)21-14-5-6-22(10-14)11-16(17,18)19;/h12-14H,4-11H2,1-3H3,(H,20,21);1H. The smallest absolute Gasteiger partial charge is 0.352 e. The summed E-state index contributed by atoms with van der Waals surface area (Å²) in [6, 6.07) is 0.0557. The van der Waals surface area contributed by atoms with Gasteiger partial charge in [0.25, 0.3) is 0 Å². The normalized spacial score (nSPS) is 26.1. The molecule has 0 amide bonds. The van der Waals surface area contributed by atoms with Crippen LogP contribution in [0.4, 0.5) is 13.2 Å². The Kier molecular flexibility index (Phi) is 8.58. The van der Waals surface area contributed by atoms with E-state index in [0.29, 0.717) is 24.9 Å². The predicted octanol–water partition coefficient (Wildman–Crippen LogP) is 3.18. The van der Waals surface area contributed by atoms with Crippen molar-refractivity contribution in [3.63, 3.8) is 0 Å². The molecule has 2 rings (SSSR count). The molecule has 0 aliphatic carbocycles. The number of halogens is 4. The van der Waals surface area contributed by atoms with Gasteiger partial charge in [0, 0.05) is 39.3 Å². The van der Waals surface area contributed by atoms with Crippen LogP contribution in [-0.4, -0.2) is 67.7 Å². The van der Waals surface area contributed by atoms with Gasteiger partial charge in [0.05, 0.1) is 6.54 Å². The summed E-state index contributed by atoms with van der Waals surface area (Å²) in [6.45, 7) is 6.57. The lowest BCUT2D eigenvalue weighted by molar-refractivity contribution is -0.143. The molecule has 0 radical (unpaired) electrons. The molecule has 2 aliphatic rings. The van der Waals surface area contributed by atoms with Gasteiger partial charge < -0.3 is 10.2 Å². The van der Waals surface area contributed by atoms with Crippen molar-refractivity contribution in [3.05, 3.63) is 0 Å². The van der Waals surface area contributed by atoms with Gasteiger partial charge in [-0.2, -0.15) is 13.2 Å². The topological polar surface area (TPSA) is 30.9 Å². The number of nitrogens with one attached hydrogen (secondary N) is 1. The number of likely N-dealkylation sites (tertiary alicyclic amines) is 2. The maximum absolute atomic E-state index is 12.5. The lowest BCUT2D eigenvalue weighted by Crippen LogP contribution is -2.46. The van der Waals surface area contributed by atoms with Crippen molar-refractivity contribution in [2.75, 3.05) is 39.8 Å². The second-order valence-electron chi connectivity index (χ2n) is 7.26. The van der Waals surface area contributed by atoms with Crippen LogP contribution in [0.5, 0.6) is 0 Å². The van der Waals surface area contributed by atoms with Gasteiger partial charge in [-0.3, -0.25) is 9.89 Å². The first-order valence-corrected chi connectivity index (χ1v) is 8.54. The maximum atomic E-state index is 12.5. The molecule has 4 nitrogen and oxygen atoms in total. The average molecular weight is 462 g/mol. The van der Waals surface area contributed by atoms with Crippen molar-refractivity contribution < 1.29 is 13.2 Å². The highest BCUT2D eigenvalue weighted by atomic mass is 127. The Balaban J connectivity index is 0.00000288. The molecule has 8 heteroatoms. The summed E-state index contributed by atoms with van der Waals surface area (Å²) >= 11 is 0. The molecule has 2 aliphatic heterocycles. The van der Waals surface area contributed by atoms with Gasteiger partial charge in [-0.1, -0.05) is 13.8 Å². The van der Waals surface area contributed by atoms with Crippen molar-refractivity contribution in [1.82, 2.24) is 15.1 Å².